The third-order valence-electron chi connectivity index (χ3n) is 3.80. The molecule has 1 nitrogen and oxygen atoms in total. The summed E-state index contributed by atoms with van der Waals surface area (Å²) in [4.78, 5) is 2.83. The van der Waals surface area contributed by atoms with Gasteiger partial charge in [0.1, 0.15) is 0 Å². The normalized spacial score (nSPS) is 15.6. The maximum atomic E-state index is 3.59. The molecule has 1 aromatic carbocycles. The molecule has 20 heavy (non-hydrogen) atoms. The van der Waals surface area contributed by atoms with Crippen LogP contribution >= 0.6 is 11.3 Å². The van der Waals surface area contributed by atoms with Crippen molar-refractivity contribution in [3.63, 3.8) is 0 Å². The van der Waals surface area contributed by atoms with Gasteiger partial charge >= 0.3 is 0 Å². The first kappa shape index (κ1) is 13.8. The number of nitrogens with one attached hydrogen (secondary N) is 1. The predicted molar refractivity (Wildman–Crippen MR) is 88.3 cm³/mol. The van der Waals surface area contributed by atoms with E-state index >= 15 is 0 Å². The SMILES string of the molecule is CC(C)(C)c1ccccc1-c1ccc(CNC2CC2)s1. The van der Waals surface area contributed by atoms with Gasteiger partial charge in [-0.2, -0.15) is 0 Å². The van der Waals surface area contributed by atoms with Crippen molar-refractivity contribution in [2.45, 2.75) is 51.6 Å². The van der Waals surface area contributed by atoms with Crippen LogP contribution in [0.3, 0.4) is 0 Å². The number of thiophene rings is 1. The van der Waals surface area contributed by atoms with Gasteiger partial charge in [-0.05, 0) is 41.5 Å². The Labute approximate surface area is 126 Å². The van der Waals surface area contributed by atoms with Gasteiger partial charge in [-0.15, -0.1) is 11.3 Å². The molecule has 0 unspecified atom stereocenters. The van der Waals surface area contributed by atoms with Crippen LogP contribution in [0.4, 0.5) is 0 Å². The van der Waals surface area contributed by atoms with Crippen LogP contribution in [0.5, 0.6) is 0 Å². The number of hydrogen-bond acceptors (Lipinski definition) is 2. The van der Waals surface area contributed by atoms with Crippen molar-refractivity contribution >= 4 is 11.3 Å². The molecule has 0 spiro atoms. The lowest BCUT2D eigenvalue weighted by atomic mass is 9.83. The molecule has 1 aliphatic rings. The highest BCUT2D eigenvalue weighted by atomic mass is 32.1. The molecule has 2 heteroatoms. The van der Waals surface area contributed by atoms with E-state index in [9.17, 15) is 0 Å². The Morgan fingerprint density at radius 2 is 1.85 bits per heavy atom. The van der Waals surface area contributed by atoms with Crippen LogP contribution in [-0.4, -0.2) is 6.04 Å². The molecule has 0 bridgehead atoms. The summed E-state index contributed by atoms with van der Waals surface area (Å²) in [5.41, 5.74) is 3.01. The fourth-order valence-corrected chi connectivity index (χ4v) is 3.50. The van der Waals surface area contributed by atoms with E-state index in [-0.39, 0.29) is 5.41 Å². The fourth-order valence-electron chi connectivity index (χ4n) is 2.50. The van der Waals surface area contributed by atoms with Gasteiger partial charge in [0, 0.05) is 22.3 Å². The Balaban J connectivity index is 1.85. The van der Waals surface area contributed by atoms with E-state index in [1.165, 1.54) is 33.7 Å². The third kappa shape index (κ3) is 3.13. The standard InChI is InChI=1S/C18H23NS/c1-18(2,3)16-7-5-4-6-15(16)17-11-10-14(20-17)12-19-13-8-9-13/h4-7,10-11,13,19H,8-9,12H2,1-3H3. The number of benzene rings is 1. The first-order valence-corrected chi connectivity index (χ1v) is 8.28. The van der Waals surface area contributed by atoms with Crippen LogP contribution < -0.4 is 5.32 Å². The Morgan fingerprint density at radius 3 is 2.55 bits per heavy atom. The molecule has 1 aromatic heterocycles. The zero-order chi connectivity index (χ0) is 14.2. The van der Waals surface area contributed by atoms with E-state index in [0.717, 1.165) is 12.6 Å². The number of rotatable bonds is 4. The second-order valence-electron chi connectivity index (χ2n) is 6.72. The molecule has 1 aliphatic carbocycles. The summed E-state index contributed by atoms with van der Waals surface area (Å²) in [6.45, 7) is 7.88. The minimum atomic E-state index is 0.188. The molecule has 1 N–H and O–H groups in total. The van der Waals surface area contributed by atoms with Gasteiger partial charge in [-0.3, -0.25) is 0 Å². The highest BCUT2D eigenvalue weighted by molar-refractivity contribution is 7.15. The summed E-state index contributed by atoms with van der Waals surface area (Å²) in [5.74, 6) is 0. The minimum Gasteiger partial charge on any atom is -0.309 e. The minimum absolute atomic E-state index is 0.188. The van der Waals surface area contributed by atoms with Crippen LogP contribution in [0.25, 0.3) is 10.4 Å². The quantitative estimate of drug-likeness (QED) is 0.836. The maximum absolute atomic E-state index is 3.59. The number of hydrogen-bond donors (Lipinski definition) is 1. The molecular formula is C18H23NS. The second kappa shape index (κ2) is 5.34. The van der Waals surface area contributed by atoms with E-state index in [2.05, 4.69) is 62.5 Å². The Bertz CT molecular complexity index is 587. The van der Waals surface area contributed by atoms with E-state index in [0.29, 0.717) is 0 Å². The van der Waals surface area contributed by atoms with Gasteiger partial charge in [0.25, 0.3) is 0 Å². The van der Waals surface area contributed by atoms with Crippen molar-refractivity contribution in [1.29, 1.82) is 0 Å². The topological polar surface area (TPSA) is 12.0 Å². The lowest BCUT2D eigenvalue weighted by Gasteiger charge is -2.22. The average molecular weight is 285 g/mol. The van der Waals surface area contributed by atoms with Gasteiger partial charge in [0.05, 0.1) is 0 Å². The van der Waals surface area contributed by atoms with Crippen molar-refractivity contribution in [1.82, 2.24) is 5.32 Å². The summed E-state index contributed by atoms with van der Waals surface area (Å²) in [6.07, 6.45) is 2.70. The van der Waals surface area contributed by atoms with Crippen LogP contribution in [0.1, 0.15) is 44.1 Å². The van der Waals surface area contributed by atoms with Crippen LogP contribution in [0.15, 0.2) is 36.4 Å². The molecule has 3 rings (SSSR count). The van der Waals surface area contributed by atoms with Gasteiger partial charge in [-0.1, -0.05) is 45.0 Å². The Hall–Kier alpha value is -1.12. The van der Waals surface area contributed by atoms with E-state index in [1.54, 1.807) is 0 Å². The highest BCUT2D eigenvalue weighted by Gasteiger charge is 2.21. The predicted octanol–water partition coefficient (Wildman–Crippen LogP) is 4.96. The van der Waals surface area contributed by atoms with Gasteiger partial charge in [-0.25, -0.2) is 0 Å². The average Bonchev–Trinajstić information content (AvgIpc) is 3.12. The van der Waals surface area contributed by atoms with Gasteiger partial charge in [0.15, 0.2) is 0 Å². The van der Waals surface area contributed by atoms with Crippen LogP contribution in [0, 0.1) is 0 Å². The van der Waals surface area contributed by atoms with Gasteiger partial charge in [0.2, 0.25) is 0 Å². The first-order chi connectivity index (χ1) is 9.54. The molecule has 1 saturated carbocycles. The third-order valence-corrected chi connectivity index (χ3v) is 4.92. The van der Waals surface area contributed by atoms with Crippen molar-refractivity contribution < 1.29 is 0 Å². The molecule has 0 aliphatic heterocycles. The molecule has 1 fully saturated rings. The lowest BCUT2D eigenvalue weighted by molar-refractivity contribution is 0.592. The molecule has 0 radical (unpaired) electrons. The zero-order valence-corrected chi connectivity index (χ0v) is 13.4. The monoisotopic (exact) mass is 285 g/mol. The van der Waals surface area contributed by atoms with Crippen LogP contribution in [-0.2, 0) is 12.0 Å². The van der Waals surface area contributed by atoms with E-state index < -0.39 is 0 Å². The van der Waals surface area contributed by atoms with Crippen molar-refractivity contribution in [2.75, 3.05) is 0 Å². The summed E-state index contributed by atoms with van der Waals surface area (Å²) >= 11 is 1.92. The van der Waals surface area contributed by atoms with Gasteiger partial charge < -0.3 is 5.32 Å². The largest absolute Gasteiger partial charge is 0.309 e. The van der Waals surface area contributed by atoms with Crippen LogP contribution in [0.2, 0.25) is 0 Å². The molecule has 0 saturated heterocycles. The molecule has 0 amide bonds. The summed E-state index contributed by atoms with van der Waals surface area (Å²) in [6, 6.07) is 14.1. The van der Waals surface area contributed by atoms with E-state index in [4.69, 9.17) is 0 Å². The van der Waals surface area contributed by atoms with Crippen molar-refractivity contribution in [2.24, 2.45) is 0 Å². The zero-order valence-electron chi connectivity index (χ0n) is 12.6. The lowest BCUT2D eigenvalue weighted by Crippen LogP contribution is -2.14. The van der Waals surface area contributed by atoms with E-state index in [1.807, 2.05) is 11.3 Å². The molecule has 1 heterocycles. The molecule has 2 aromatic rings. The smallest absolute Gasteiger partial charge is 0.0349 e. The molecular weight excluding hydrogens is 262 g/mol. The first-order valence-electron chi connectivity index (χ1n) is 7.46. The van der Waals surface area contributed by atoms with Crippen molar-refractivity contribution in [3.8, 4) is 10.4 Å². The summed E-state index contributed by atoms with van der Waals surface area (Å²) < 4.78 is 0. The molecule has 106 valence electrons. The summed E-state index contributed by atoms with van der Waals surface area (Å²) in [7, 11) is 0. The Kier molecular flexibility index (Phi) is 3.70. The Morgan fingerprint density at radius 1 is 1.10 bits per heavy atom. The second-order valence-corrected chi connectivity index (χ2v) is 7.89. The fraction of sp³-hybridized carbons (Fsp3) is 0.444. The maximum Gasteiger partial charge on any atom is 0.0349 e. The summed E-state index contributed by atoms with van der Waals surface area (Å²) in [5, 5.41) is 3.59. The molecule has 0 atom stereocenters. The highest BCUT2D eigenvalue weighted by Crippen LogP contribution is 2.36. The van der Waals surface area contributed by atoms with Crippen molar-refractivity contribution in [3.05, 3.63) is 46.8 Å².